The lowest BCUT2D eigenvalue weighted by molar-refractivity contribution is 0.0994. The van der Waals surface area contributed by atoms with Crippen LogP contribution in [0.3, 0.4) is 0 Å². The summed E-state index contributed by atoms with van der Waals surface area (Å²) in [6, 6.07) is 10.7. The van der Waals surface area contributed by atoms with E-state index in [2.05, 4.69) is 20.9 Å². The van der Waals surface area contributed by atoms with Crippen molar-refractivity contribution in [1.82, 2.24) is 4.98 Å². The highest BCUT2D eigenvalue weighted by Gasteiger charge is 2.18. The van der Waals surface area contributed by atoms with Crippen molar-refractivity contribution in [1.29, 1.82) is 0 Å². The van der Waals surface area contributed by atoms with Crippen molar-refractivity contribution in [2.24, 2.45) is 0 Å². The molecule has 0 aliphatic rings. The summed E-state index contributed by atoms with van der Waals surface area (Å²) in [5.41, 5.74) is 0.663. The SMILES string of the molecule is CC(Sc1ncccc1Br)C(=O)c1ccc(Cl)cc1. The normalized spacial score (nSPS) is 12.2. The number of hydrogen-bond acceptors (Lipinski definition) is 3. The fourth-order valence-corrected chi connectivity index (χ4v) is 3.07. The van der Waals surface area contributed by atoms with E-state index in [1.807, 2.05) is 19.1 Å². The summed E-state index contributed by atoms with van der Waals surface area (Å²) < 4.78 is 0.899. The first-order chi connectivity index (χ1) is 9.08. The third kappa shape index (κ3) is 3.81. The van der Waals surface area contributed by atoms with Gasteiger partial charge >= 0.3 is 0 Å². The van der Waals surface area contributed by atoms with Gasteiger partial charge in [0, 0.05) is 21.3 Å². The number of ketones is 1. The molecule has 2 aromatic rings. The first-order valence-corrected chi connectivity index (χ1v) is 7.70. The van der Waals surface area contributed by atoms with Crippen LogP contribution in [-0.4, -0.2) is 16.0 Å². The van der Waals surface area contributed by atoms with E-state index in [0.29, 0.717) is 10.6 Å². The lowest BCUT2D eigenvalue weighted by Crippen LogP contribution is -2.13. The summed E-state index contributed by atoms with van der Waals surface area (Å²) in [6.45, 7) is 1.88. The summed E-state index contributed by atoms with van der Waals surface area (Å²) in [4.78, 5) is 16.5. The van der Waals surface area contributed by atoms with Gasteiger partial charge in [-0.3, -0.25) is 4.79 Å². The van der Waals surface area contributed by atoms with Gasteiger partial charge in [0.1, 0.15) is 5.03 Å². The van der Waals surface area contributed by atoms with Gasteiger partial charge in [-0.15, -0.1) is 0 Å². The van der Waals surface area contributed by atoms with Crippen molar-refractivity contribution in [3.63, 3.8) is 0 Å². The topological polar surface area (TPSA) is 30.0 Å². The van der Waals surface area contributed by atoms with Crippen molar-refractivity contribution in [2.75, 3.05) is 0 Å². The molecule has 0 N–H and O–H groups in total. The lowest BCUT2D eigenvalue weighted by Gasteiger charge is -2.10. The van der Waals surface area contributed by atoms with Crippen molar-refractivity contribution >= 4 is 45.1 Å². The molecule has 0 saturated carbocycles. The predicted molar refractivity (Wildman–Crippen MR) is 83.0 cm³/mol. The van der Waals surface area contributed by atoms with Crippen molar-refractivity contribution in [3.8, 4) is 0 Å². The number of carbonyl (C=O) groups excluding carboxylic acids is 1. The molecule has 0 saturated heterocycles. The van der Waals surface area contributed by atoms with Crippen LogP contribution in [-0.2, 0) is 0 Å². The minimum Gasteiger partial charge on any atom is -0.293 e. The molecule has 2 nitrogen and oxygen atoms in total. The Balaban J connectivity index is 2.12. The third-order valence-corrected chi connectivity index (χ3v) is 4.78. The Hall–Kier alpha value is -0.840. The van der Waals surface area contributed by atoms with E-state index >= 15 is 0 Å². The zero-order chi connectivity index (χ0) is 13.8. The number of Topliss-reactive ketones (excluding diaryl/α,β-unsaturated/α-hetero) is 1. The fourth-order valence-electron chi connectivity index (χ4n) is 1.53. The minimum atomic E-state index is -0.202. The maximum absolute atomic E-state index is 12.3. The maximum Gasteiger partial charge on any atom is 0.175 e. The first-order valence-electron chi connectivity index (χ1n) is 5.65. The average Bonchev–Trinajstić information content (AvgIpc) is 2.41. The smallest absolute Gasteiger partial charge is 0.175 e. The molecular weight excluding hydrogens is 346 g/mol. The van der Waals surface area contributed by atoms with Crippen LogP contribution in [0.2, 0.25) is 5.02 Å². The Labute approximate surface area is 129 Å². The molecule has 2 rings (SSSR count). The van der Waals surface area contributed by atoms with Gasteiger partial charge in [-0.2, -0.15) is 0 Å². The summed E-state index contributed by atoms with van der Waals surface area (Å²) in [7, 11) is 0. The van der Waals surface area contributed by atoms with Gasteiger partial charge in [0.15, 0.2) is 5.78 Å². The van der Waals surface area contributed by atoms with Gasteiger partial charge in [0.25, 0.3) is 0 Å². The summed E-state index contributed by atoms with van der Waals surface area (Å²) in [5, 5.41) is 1.24. The highest BCUT2D eigenvalue weighted by Crippen LogP contribution is 2.29. The Kier molecular flexibility index (Phi) is 5.02. The quantitative estimate of drug-likeness (QED) is 0.579. The van der Waals surface area contributed by atoms with E-state index in [1.165, 1.54) is 11.8 Å². The first kappa shape index (κ1) is 14.6. The summed E-state index contributed by atoms with van der Waals surface area (Å²) >= 11 is 10.7. The van der Waals surface area contributed by atoms with Crippen molar-refractivity contribution in [3.05, 3.63) is 57.7 Å². The second-order valence-electron chi connectivity index (χ2n) is 3.92. The van der Waals surface area contributed by atoms with E-state index in [1.54, 1.807) is 30.5 Å². The maximum atomic E-state index is 12.3. The van der Waals surface area contributed by atoms with E-state index in [9.17, 15) is 4.79 Å². The lowest BCUT2D eigenvalue weighted by atomic mass is 10.1. The van der Waals surface area contributed by atoms with E-state index in [4.69, 9.17) is 11.6 Å². The molecule has 0 aliphatic carbocycles. The zero-order valence-electron chi connectivity index (χ0n) is 10.1. The standard InChI is InChI=1S/C14H11BrClNOS/c1-9(19-14-12(15)3-2-8-17-14)13(18)10-4-6-11(16)7-5-10/h2-9H,1H3. The highest BCUT2D eigenvalue weighted by molar-refractivity contribution is 9.10. The van der Waals surface area contributed by atoms with Crippen LogP contribution < -0.4 is 0 Å². The molecule has 0 fully saturated rings. The second-order valence-corrected chi connectivity index (χ2v) is 6.54. The van der Waals surface area contributed by atoms with E-state index in [0.717, 1.165) is 9.50 Å². The Morgan fingerprint density at radius 1 is 1.32 bits per heavy atom. The second kappa shape index (κ2) is 6.55. The number of rotatable bonds is 4. The number of halogens is 2. The molecule has 1 heterocycles. The van der Waals surface area contributed by atoms with Gasteiger partial charge < -0.3 is 0 Å². The molecule has 0 bridgehead atoms. The molecule has 5 heteroatoms. The number of aromatic nitrogens is 1. The average molecular weight is 357 g/mol. The predicted octanol–water partition coefficient (Wildman–Crippen LogP) is 4.86. The number of pyridine rings is 1. The van der Waals surface area contributed by atoms with Crippen LogP contribution in [0, 0.1) is 0 Å². The van der Waals surface area contributed by atoms with Crippen molar-refractivity contribution < 1.29 is 4.79 Å². The highest BCUT2D eigenvalue weighted by atomic mass is 79.9. The molecule has 1 aromatic carbocycles. The molecule has 0 radical (unpaired) electrons. The van der Waals surface area contributed by atoms with Crippen LogP contribution in [0.4, 0.5) is 0 Å². The molecule has 98 valence electrons. The van der Waals surface area contributed by atoms with Crippen LogP contribution in [0.1, 0.15) is 17.3 Å². The third-order valence-electron chi connectivity index (χ3n) is 2.51. The van der Waals surface area contributed by atoms with Crippen LogP contribution in [0.15, 0.2) is 52.1 Å². The summed E-state index contributed by atoms with van der Waals surface area (Å²) in [5.74, 6) is 0.0687. The van der Waals surface area contributed by atoms with Gasteiger partial charge in [-0.1, -0.05) is 23.4 Å². The van der Waals surface area contributed by atoms with Gasteiger partial charge in [0.2, 0.25) is 0 Å². The molecule has 0 aliphatic heterocycles. The summed E-state index contributed by atoms with van der Waals surface area (Å²) in [6.07, 6.45) is 1.71. The van der Waals surface area contributed by atoms with Gasteiger partial charge in [0.05, 0.1) is 5.25 Å². The molecule has 0 amide bonds. The van der Waals surface area contributed by atoms with Crippen LogP contribution >= 0.6 is 39.3 Å². The number of nitrogens with zero attached hydrogens (tertiary/aromatic N) is 1. The van der Waals surface area contributed by atoms with Crippen LogP contribution in [0.25, 0.3) is 0 Å². The zero-order valence-corrected chi connectivity index (χ0v) is 13.3. The number of carbonyl (C=O) groups is 1. The van der Waals surface area contributed by atoms with Crippen LogP contribution in [0.5, 0.6) is 0 Å². The van der Waals surface area contributed by atoms with E-state index < -0.39 is 0 Å². The molecule has 1 aromatic heterocycles. The van der Waals surface area contributed by atoms with Crippen molar-refractivity contribution in [2.45, 2.75) is 17.2 Å². The fraction of sp³-hybridized carbons (Fsp3) is 0.143. The minimum absolute atomic E-state index is 0.0687. The molecule has 19 heavy (non-hydrogen) atoms. The molecular formula is C14H11BrClNOS. The van der Waals surface area contributed by atoms with Gasteiger partial charge in [-0.25, -0.2) is 4.98 Å². The number of thioether (sulfide) groups is 1. The van der Waals surface area contributed by atoms with E-state index in [-0.39, 0.29) is 11.0 Å². The monoisotopic (exact) mass is 355 g/mol. The molecule has 0 spiro atoms. The number of benzene rings is 1. The Morgan fingerprint density at radius 2 is 2.00 bits per heavy atom. The molecule has 1 unspecified atom stereocenters. The van der Waals surface area contributed by atoms with Gasteiger partial charge in [-0.05, 0) is 59.3 Å². The Bertz CT molecular complexity index is 588. The largest absolute Gasteiger partial charge is 0.293 e. The Morgan fingerprint density at radius 3 is 2.63 bits per heavy atom. The number of hydrogen-bond donors (Lipinski definition) is 0. The molecule has 1 atom stereocenters.